The Balaban J connectivity index is 1.30. The topological polar surface area (TPSA) is 81.8 Å². The van der Waals surface area contributed by atoms with Gasteiger partial charge in [0.2, 0.25) is 17.7 Å². The van der Waals surface area contributed by atoms with Gasteiger partial charge in [0, 0.05) is 49.6 Å². The number of carbonyl (C=O) groups excluding carboxylic acids is 3. The quantitative estimate of drug-likeness (QED) is 0.527. The second kappa shape index (κ2) is 12.3. The Morgan fingerprint density at radius 3 is 2.83 bits per heavy atom. The van der Waals surface area contributed by atoms with Crippen molar-refractivity contribution in [1.82, 2.24) is 15.1 Å². The Morgan fingerprint density at radius 2 is 2.03 bits per heavy atom. The highest BCUT2D eigenvalue weighted by Gasteiger charge is 2.31. The number of amides is 3. The van der Waals surface area contributed by atoms with Crippen LogP contribution in [0.5, 0.6) is 0 Å². The highest BCUT2D eigenvalue weighted by atomic mass is 32.2. The van der Waals surface area contributed by atoms with Crippen molar-refractivity contribution in [2.24, 2.45) is 0 Å². The molecule has 3 amide bonds. The molecule has 0 aromatic heterocycles. The first-order valence-electron chi connectivity index (χ1n) is 12.8. The fourth-order valence-corrected chi connectivity index (χ4v) is 5.76. The highest BCUT2D eigenvalue weighted by molar-refractivity contribution is 7.98. The van der Waals surface area contributed by atoms with E-state index in [0.717, 1.165) is 36.2 Å². The number of thioether (sulfide) groups is 1. The van der Waals surface area contributed by atoms with Crippen molar-refractivity contribution < 1.29 is 14.4 Å². The Bertz CT molecular complexity index is 1110. The van der Waals surface area contributed by atoms with Crippen LogP contribution in [0.1, 0.15) is 55.3 Å². The van der Waals surface area contributed by atoms with E-state index in [1.165, 1.54) is 10.5 Å². The van der Waals surface area contributed by atoms with Crippen molar-refractivity contribution in [3.8, 4) is 0 Å². The number of fused-ring (bicyclic) bond motifs is 1. The molecule has 2 aliphatic rings. The second-order valence-electron chi connectivity index (χ2n) is 9.34. The fourth-order valence-electron chi connectivity index (χ4n) is 5.10. The first-order valence-corrected chi connectivity index (χ1v) is 14.0. The summed E-state index contributed by atoms with van der Waals surface area (Å²) in [4.78, 5) is 42.8. The average molecular weight is 509 g/mol. The van der Waals surface area contributed by atoms with Gasteiger partial charge in [-0.05, 0) is 61.3 Å². The molecule has 0 spiro atoms. The van der Waals surface area contributed by atoms with Crippen LogP contribution in [0.3, 0.4) is 0 Å². The van der Waals surface area contributed by atoms with Gasteiger partial charge in [-0.25, -0.2) is 0 Å². The average Bonchev–Trinajstić information content (AvgIpc) is 3.38. The minimum Gasteiger partial charge on any atom is -0.384 e. The molecule has 0 bridgehead atoms. The summed E-state index contributed by atoms with van der Waals surface area (Å²) in [6.45, 7) is 4.62. The molecule has 0 radical (unpaired) electrons. The molecule has 0 aliphatic carbocycles. The van der Waals surface area contributed by atoms with E-state index in [1.807, 2.05) is 41.0 Å². The number of carbonyl (C=O) groups is 3. The number of rotatable bonds is 8. The smallest absolute Gasteiger partial charge is 0.242 e. The number of hydrogen-bond donors (Lipinski definition) is 2. The maximum Gasteiger partial charge on any atom is 0.242 e. The van der Waals surface area contributed by atoms with E-state index in [2.05, 4.69) is 35.1 Å². The van der Waals surface area contributed by atoms with Gasteiger partial charge in [0.1, 0.15) is 0 Å². The molecular weight excluding hydrogens is 472 g/mol. The molecule has 1 unspecified atom stereocenters. The Kier molecular flexibility index (Phi) is 8.91. The van der Waals surface area contributed by atoms with Crippen LogP contribution >= 0.6 is 11.8 Å². The molecule has 2 heterocycles. The summed E-state index contributed by atoms with van der Waals surface area (Å²) in [5.74, 6) is -0.000585. The number of nitrogens with one attached hydrogen (secondary N) is 2. The Morgan fingerprint density at radius 1 is 1.19 bits per heavy atom. The second-order valence-corrected chi connectivity index (χ2v) is 10.2. The standard InChI is InChI=1S/C28H36N4O3S/c1-3-31-19-21-17-20(10-12-23(21)29-15-14-27(31)34)11-13-26(33)30-18-28(35)32-16-6-8-24(32)22-7-4-5-9-25(22)36-2/h4-5,7,9-10,12,17,24,29H,3,6,8,11,13-16,18-19H2,1-2H3,(H,30,33). The molecule has 2 aromatic carbocycles. The van der Waals surface area contributed by atoms with Gasteiger partial charge in [-0.1, -0.05) is 30.3 Å². The van der Waals surface area contributed by atoms with Crippen molar-refractivity contribution in [2.75, 3.05) is 37.8 Å². The zero-order valence-corrected chi connectivity index (χ0v) is 22.0. The van der Waals surface area contributed by atoms with Crippen LogP contribution in [-0.2, 0) is 27.3 Å². The normalized spacial score (nSPS) is 17.7. The van der Waals surface area contributed by atoms with E-state index in [9.17, 15) is 14.4 Å². The maximum absolute atomic E-state index is 13.0. The number of hydrogen-bond acceptors (Lipinski definition) is 5. The Labute approximate surface area is 218 Å². The van der Waals surface area contributed by atoms with Gasteiger partial charge < -0.3 is 20.4 Å². The summed E-state index contributed by atoms with van der Waals surface area (Å²) in [5.41, 5.74) is 4.36. The first kappa shape index (κ1) is 26.1. The van der Waals surface area contributed by atoms with Gasteiger partial charge in [-0.3, -0.25) is 14.4 Å². The molecule has 2 N–H and O–H groups in total. The molecule has 4 rings (SSSR count). The summed E-state index contributed by atoms with van der Waals surface area (Å²) < 4.78 is 0. The summed E-state index contributed by atoms with van der Waals surface area (Å²) in [5, 5.41) is 6.18. The minimum atomic E-state index is -0.126. The molecule has 0 saturated carbocycles. The van der Waals surface area contributed by atoms with Crippen LogP contribution < -0.4 is 10.6 Å². The van der Waals surface area contributed by atoms with Crippen LogP contribution in [0.4, 0.5) is 5.69 Å². The van der Waals surface area contributed by atoms with Crippen LogP contribution in [0.15, 0.2) is 47.4 Å². The van der Waals surface area contributed by atoms with Crippen molar-refractivity contribution >= 4 is 35.2 Å². The van der Waals surface area contributed by atoms with Crippen LogP contribution in [0.2, 0.25) is 0 Å². The van der Waals surface area contributed by atoms with E-state index < -0.39 is 0 Å². The predicted octanol–water partition coefficient (Wildman–Crippen LogP) is 3.99. The van der Waals surface area contributed by atoms with Gasteiger partial charge >= 0.3 is 0 Å². The zero-order valence-electron chi connectivity index (χ0n) is 21.2. The maximum atomic E-state index is 13.0. The molecular formula is C28H36N4O3S. The number of benzene rings is 2. The van der Waals surface area contributed by atoms with E-state index in [1.54, 1.807) is 11.8 Å². The number of aryl methyl sites for hydroxylation is 1. The molecule has 2 aromatic rings. The van der Waals surface area contributed by atoms with Gasteiger partial charge in [0.25, 0.3) is 0 Å². The summed E-state index contributed by atoms with van der Waals surface area (Å²) in [6.07, 6.45) is 5.37. The SMILES string of the molecule is CCN1Cc2cc(CCC(=O)NCC(=O)N3CCCC3c3ccccc3SC)ccc2NCCC1=O. The lowest BCUT2D eigenvalue weighted by atomic mass is 10.0. The van der Waals surface area contributed by atoms with E-state index in [0.29, 0.717) is 38.9 Å². The number of nitrogens with zero attached hydrogens (tertiary/aromatic N) is 2. The molecule has 1 atom stereocenters. The van der Waals surface area contributed by atoms with Crippen molar-refractivity contribution in [3.05, 3.63) is 59.2 Å². The van der Waals surface area contributed by atoms with Crippen molar-refractivity contribution in [1.29, 1.82) is 0 Å². The van der Waals surface area contributed by atoms with E-state index >= 15 is 0 Å². The van der Waals surface area contributed by atoms with Gasteiger partial charge in [-0.2, -0.15) is 0 Å². The lowest BCUT2D eigenvalue weighted by Gasteiger charge is -2.26. The number of likely N-dealkylation sites (tertiary alicyclic amines) is 1. The Hall–Kier alpha value is -3.00. The van der Waals surface area contributed by atoms with Crippen molar-refractivity contribution in [2.45, 2.75) is 56.5 Å². The highest BCUT2D eigenvalue weighted by Crippen LogP contribution is 2.36. The summed E-state index contributed by atoms with van der Waals surface area (Å²) in [7, 11) is 0. The molecule has 36 heavy (non-hydrogen) atoms. The lowest BCUT2D eigenvalue weighted by Crippen LogP contribution is -2.40. The van der Waals surface area contributed by atoms with Gasteiger partial charge in [0.05, 0.1) is 12.6 Å². The van der Waals surface area contributed by atoms with Crippen molar-refractivity contribution in [3.63, 3.8) is 0 Å². The monoisotopic (exact) mass is 508 g/mol. The van der Waals surface area contributed by atoms with Gasteiger partial charge in [-0.15, -0.1) is 11.8 Å². The molecule has 1 saturated heterocycles. The molecule has 8 heteroatoms. The predicted molar refractivity (Wildman–Crippen MR) is 144 cm³/mol. The van der Waals surface area contributed by atoms with Gasteiger partial charge in [0.15, 0.2) is 0 Å². The molecule has 7 nitrogen and oxygen atoms in total. The van der Waals surface area contributed by atoms with Crippen LogP contribution in [0.25, 0.3) is 0 Å². The van der Waals surface area contributed by atoms with Crippen LogP contribution in [0, 0.1) is 0 Å². The summed E-state index contributed by atoms with van der Waals surface area (Å²) >= 11 is 1.70. The molecule has 1 fully saturated rings. The zero-order chi connectivity index (χ0) is 25.5. The molecule has 2 aliphatic heterocycles. The minimum absolute atomic E-state index is 0.0262. The summed E-state index contributed by atoms with van der Waals surface area (Å²) in [6, 6.07) is 14.5. The third-order valence-electron chi connectivity index (χ3n) is 7.07. The first-order chi connectivity index (χ1) is 17.5. The largest absolute Gasteiger partial charge is 0.384 e. The van der Waals surface area contributed by atoms with Crippen LogP contribution in [-0.4, -0.2) is 60.0 Å². The third kappa shape index (κ3) is 6.22. The lowest BCUT2D eigenvalue weighted by molar-refractivity contribution is -0.133. The van der Waals surface area contributed by atoms with E-state index in [4.69, 9.17) is 0 Å². The number of anilines is 1. The third-order valence-corrected chi connectivity index (χ3v) is 7.88. The fraction of sp³-hybridized carbons (Fsp3) is 0.464. The van der Waals surface area contributed by atoms with E-state index in [-0.39, 0.29) is 30.3 Å². The molecule has 192 valence electrons.